The summed E-state index contributed by atoms with van der Waals surface area (Å²) >= 11 is 0. The molecule has 0 bridgehead atoms. The van der Waals surface area contributed by atoms with Crippen LogP contribution in [0.2, 0.25) is 0 Å². The number of benzene rings is 8. The summed E-state index contributed by atoms with van der Waals surface area (Å²) in [6.07, 6.45) is 9.05. The second kappa shape index (κ2) is 12.6. The standard InChI is InChI=1S/C53H38N2/c1-2-16-39(17-3-1)53(49-22-10-6-18-45(49)46-19-7-11-23-50(46)53)40-27-30-41(31-28-40)54(44-29-26-37-14-4-5-15-38(37)36-44)42-32-34-43(35-33-42)55-51-24-12-8-20-47(51)48-21-9-13-25-52(48)55/h1-36,47,51H. The summed E-state index contributed by atoms with van der Waals surface area (Å²) in [4.78, 5) is 4.90. The van der Waals surface area contributed by atoms with E-state index in [2.05, 4.69) is 228 Å². The summed E-state index contributed by atoms with van der Waals surface area (Å²) in [5, 5.41) is 2.45. The lowest BCUT2D eigenvalue weighted by Crippen LogP contribution is -2.28. The van der Waals surface area contributed by atoms with Crippen LogP contribution in [-0.4, -0.2) is 6.04 Å². The minimum absolute atomic E-state index is 0.264. The summed E-state index contributed by atoms with van der Waals surface area (Å²) in [7, 11) is 0. The molecule has 0 N–H and O–H groups in total. The zero-order valence-electron chi connectivity index (χ0n) is 30.3. The van der Waals surface area contributed by atoms with E-state index in [1.54, 1.807) is 0 Å². The van der Waals surface area contributed by atoms with Gasteiger partial charge in [-0.3, -0.25) is 0 Å². The number of anilines is 5. The number of rotatable bonds is 6. The largest absolute Gasteiger partial charge is 0.333 e. The molecule has 0 amide bonds. The van der Waals surface area contributed by atoms with Crippen molar-refractivity contribution in [2.75, 3.05) is 9.80 Å². The summed E-state index contributed by atoms with van der Waals surface area (Å²) in [6.45, 7) is 0. The Balaban J connectivity index is 1.05. The van der Waals surface area contributed by atoms with E-state index in [-0.39, 0.29) is 6.04 Å². The van der Waals surface area contributed by atoms with Gasteiger partial charge < -0.3 is 9.80 Å². The van der Waals surface area contributed by atoms with E-state index in [0.29, 0.717) is 5.92 Å². The Morgan fingerprint density at radius 3 is 1.75 bits per heavy atom. The highest BCUT2D eigenvalue weighted by molar-refractivity contribution is 5.90. The first-order valence-corrected chi connectivity index (χ1v) is 19.3. The van der Waals surface area contributed by atoms with Gasteiger partial charge in [0.05, 0.1) is 11.5 Å². The van der Waals surface area contributed by atoms with Crippen LogP contribution < -0.4 is 9.80 Å². The lowest BCUT2D eigenvalue weighted by molar-refractivity contribution is 0.745. The van der Waals surface area contributed by atoms with E-state index in [1.165, 1.54) is 61.1 Å². The van der Waals surface area contributed by atoms with Crippen LogP contribution in [0.4, 0.5) is 28.4 Å². The van der Waals surface area contributed by atoms with Crippen molar-refractivity contribution in [1.29, 1.82) is 0 Å². The molecule has 2 atom stereocenters. The molecule has 2 unspecified atom stereocenters. The molecule has 1 heterocycles. The molecule has 260 valence electrons. The Bertz CT molecular complexity index is 2730. The van der Waals surface area contributed by atoms with Crippen molar-refractivity contribution in [1.82, 2.24) is 0 Å². The Morgan fingerprint density at radius 2 is 1.00 bits per heavy atom. The Labute approximate surface area is 322 Å². The fourth-order valence-electron chi connectivity index (χ4n) is 9.69. The van der Waals surface area contributed by atoms with Crippen molar-refractivity contribution in [3.05, 3.63) is 246 Å². The minimum atomic E-state index is -0.435. The molecule has 0 spiro atoms. The van der Waals surface area contributed by atoms with E-state index < -0.39 is 5.41 Å². The van der Waals surface area contributed by atoms with E-state index in [1.807, 2.05) is 0 Å². The van der Waals surface area contributed by atoms with Crippen LogP contribution in [0, 0.1) is 0 Å². The second-order valence-electron chi connectivity index (χ2n) is 14.9. The molecule has 0 radical (unpaired) electrons. The SMILES string of the molecule is C1=CC2c3ccccc3N(c3ccc(N(c4ccc(C5(c6ccccc6)c6ccccc6-c6ccccc65)cc4)c4ccc5ccccc5c4)cc3)C2C=C1. The molecule has 0 saturated heterocycles. The van der Waals surface area contributed by atoms with E-state index in [9.17, 15) is 0 Å². The van der Waals surface area contributed by atoms with E-state index >= 15 is 0 Å². The lowest BCUT2D eigenvalue weighted by atomic mass is 9.68. The van der Waals surface area contributed by atoms with Gasteiger partial charge in [0.15, 0.2) is 0 Å². The van der Waals surface area contributed by atoms with Crippen molar-refractivity contribution in [2.24, 2.45) is 0 Å². The van der Waals surface area contributed by atoms with Crippen LogP contribution in [0.1, 0.15) is 33.7 Å². The van der Waals surface area contributed by atoms with Crippen molar-refractivity contribution < 1.29 is 0 Å². The van der Waals surface area contributed by atoms with Crippen LogP contribution in [0.3, 0.4) is 0 Å². The monoisotopic (exact) mass is 702 g/mol. The molecule has 2 aliphatic carbocycles. The van der Waals surface area contributed by atoms with Gasteiger partial charge in [-0.15, -0.1) is 0 Å². The molecular formula is C53H38N2. The zero-order valence-corrected chi connectivity index (χ0v) is 30.3. The van der Waals surface area contributed by atoms with Crippen LogP contribution in [0.15, 0.2) is 218 Å². The zero-order chi connectivity index (χ0) is 36.3. The molecule has 2 heteroatoms. The third-order valence-electron chi connectivity index (χ3n) is 12.1. The van der Waals surface area contributed by atoms with Crippen LogP contribution in [-0.2, 0) is 5.41 Å². The van der Waals surface area contributed by atoms with Crippen LogP contribution >= 0.6 is 0 Å². The van der Waals surface area contributed by atoms with Gasteiger partial charge in [-0.2, -0.15) is 0 Å². The first-order valence-electron chi connectivity index (χ1n) is 19.3. The summed E-state index contributed by atoms with van der Waals surface area (Å²) in [5.41, 5.74) is 14.6. The van der Waals surface area contributed by atoms with Gasteiger partial charge in [0.1, 0.15) is 0 Å². The molecule has 0 fully saturated rings. The Kier molecular flexibility index (Phi) is 7.25. The molecule has 8 aromatic rings. The lowest BCUT2D eigenvalue weighted by Gasteiger charge is -2.34. The van der Waals surface area contributed by atoms with Crippen molar-refractivity contribution in [2.45, 2.75) is 17.4 Å². The van der Waals surface area contributed by atoms with E-state index in [4.69, 9.17) is 0 Å². The average molecular weight is 703 g/mol. The predicted octanol–water partition coefficient (Wildman–Crippen LogP) is 13.4. The Hall–Kier alpha value is -6.90. The minimum Gasteiger partial charge on any atom is -0.333 e. The van der Waals surface area contributed by atoms with Crippen molar-refractivity contribution in [3.8, 4) is 11.1 Å². The first-order chi connectivity index (χ1) is 27.3. The number of fused-ring (bicyclic) bond motifs is 7. The molecule has 0 aromatic heterocycles. The van der Waals surface area contributed by atoms with E-state index in [0.717, 1.165) is 17.1 Å². The maximum atomic E-state index is 2.50. The predicted molar refractivity (Wildman–Crippen MR) is 229 cm³/mol. The first kappa shape index (κ1) is 31.6. The van der Waals surface area contributed by atoms with Crippen molar-refractivity contribution >= 4 is 39.2 Å². The smallest absolute Gasteiger partial charge is 0.0713 e. The van der Waals surface area contributed by atoms with Crippen LogP contribution in [0.25, 0.3) is 21.9 Å². The third-order valence-corrected chi connectivity index (χ3v) is 12.1. The topological polar surface area (TPSA) is 6.48 Å². The summed E-state index contributed by atoms with van der Waals surface area (Å²) in [5.74, 6) is 0.353. The quantitative estimate of drug-likeness (QED) is 0.170. The second-order valence-corrected chi connectivity index (χ2v) is 14.9. The highest BCUT2D eigenvalue weighted by Gasteiger charge is 2.46. The molecule has 3 aliphatic rings. The van der Waals surface area contributed by atoms with Crippen molar-refractivity contribution in [3.63, 3.8) is 0 Å². The maximum absolute atomic E-state index is 2.50. The maximum Gasteiger partial charge on any atom is 0.0713 e. The number of para-hydroxylation sites is 1. The molecule has 55 heavy (non-hydrogen) atoms. The third kappa shape index (κ3) is 4.81. The average Bonchev–Trinajstić information content (AvgIpc) is 3.76. The number of hydrogen-bond donors (Lipinski definition) is 0. The number of allylic oxidation sites excluding steroid dienone is 2. The van der Waals surface area contributed by atoms with Gasteiger partial charge in [-0.25, -0.2) is 0 Å². The highest BCUT2D eigenvalue weighted by Crippen LogP contribution is 2.56. The fraction of sp³-hybridized carbons (Fsp3) is 0.0566. The molecule has 2 nitrogen and oxygen atoms in total. The summed E-state index contributed by atoms with van der Waals surface area (Å²) < 4.78 is 0. The number of nitrogens with zero attached hydrogens (tertiary/aromatic N) is 2. The van der Waals surface area contributed by atoms with Gasteiger partial charge >= 0.3 is 0 Å². The molecular weight excluding hydrogens is 665 g/mol. The van der Waals surface area contributed by atoms with Gasteiger partial charge in [-0.05, 0) is 104 Å². The molecule has 0 saturated carbocycles. The summed E-state index contributed by atoms with van der Waals surface area (Å²) in [6, 6.07) is 71.9. The molecule has 11 rings (SSSR count). The van der Waals surface area contributed by atoms with Gasteiger partial charge in [0.25, 0.3) is 0 Å². The fourth-order valence-corrected chi connectivity index (χ4v) is 9.69. The Morgan fingerprint density at radius 1 is 0.436 bits per heavy atom. The molecule has 8 aromatic carbocycles. The van der Waals surface area contributed by atoms with Gasteiger partial charge in [0.2, 0.25) is 0 Å². The van der Waals surface area contributed by atoms with Crippen LogP contribution in [0.5, 0.6) is 0 Å². The molecule has 1 aliphatic heterocycles. The van der Waals surface area contributed by atoms with Gasteiger partial charge in [-0.1, -0.05) is 164 Å². The van der Waals surface area contributed by atoms with Gasteiger partial charge in [0, 0.05) is 34.4 Å². The highest BCUT2D eigenvalue weighted by atomic mass is 15.2. The number of hydrogen-bond acceptors (Lipinski definition) is 2. The normalized spacial score (nSPS) is 17.1.